The predicted octanol–water partition coefficient (Wildman–Crippen LogP) is 8.61. The van der Waals surface area contributed by atoms with Gasteiger partial charge in [0.05, 0.1) is 11.3 Å². The lowest BCUT2D eigenvalue weighted by atomic mass is 9.81. The summed E-state index contributed by atoms with van der Waals surface area (Å²) in [6, 6.07) is 15.8. The molecular weight excluding hydrogens is 558 g/mol. The molecule has 0 aliphatic carbocycles. The van der Waals surface area contributed by atoms with Gasteiger partial charge in [-0.05, 0) is 93.0 Å². The Balaban J connectivity index is 1.54. The van der Waals surface area contributed by atoms with E-state index < -0.39 is 17.7 Å². The average molecular weight is 612 g/mol. The third-order valence-electron chi connectivity index (χ3n) is 9.58. The molecule has 242 valence electrons. The first-order valence-electron chi connectivity index (χ1n) is 16.7. The Morgan fingerprint density at radius 2 is 1.71 bits per heavy atom. The van der Waals surface area contributed by atoms with E-state index in [9.17, 15) is 9.90 Å². The molecule has 2 aliphatic rings. The average Bonchev–Trinajstić information content (AvgIpc) is 2.95. The molecule has 0 saturated carbocycles. The van der Waals surface area contributed by atoms with E-state index in [4.69, 9.17) is 9.72 Å². The van der Waals surface area contributed by atoms with Crippen LogP contribution in [0.4, 0.5) is 5.69 Å². The molecule has 6 nitrogen and oxygen atoms in total. The van der Waals surface area contributed by atoms with Crippen molar-refractivity contribution in [3.8, 4) is 11.1 Å². The number of carbonyl (C=O) groups is 1. The highest BCUT2D eigenvalue weighted by molar-refractivity contribution is 5.88. The first kappa shape index (κ1) is 33.2. The monoisotopic (exact) mass is 611 g/mol. The van der Waals surface area contributed by atoms with Gasteiger partial charge in [-0.25, -0.2) is 4.79 Å². The highest BCUT2D eigenvalue weighted by Gasteiger charge is 2.36. The summed E-state index contributed by atoms with van der Waals surface area (Å²) < 4.78 is 6.27. The van der Waals surface area contributed by atoms with E-state index in [1.807, 2.05) is 27.7 Å². The smallest absolute Gasteiger partial charge is 0.337 e. The van der Waals surface area contributed by atoms with Gasteiger partial charge in [0.2, 0.25) is 0 Å². The van der Waals surface area contributed by atoms with E-state index in [1.54, 1.807) is 0 Å². The summed E-state index contributed by atoms with van der Waals surface area (Å²) in [7, 11) is 0. The summed E-state index contributed by atoms with van der Waals surface area (Å²) in [6.07, 6.45) is 1.97. The van der Waals surface area contributed by atoms with Gasteiger partial charge in [0.15, 0.2) is 6.10 Å². The minimum Gasteiger partial charge on any atom is -0.479 e. The number of piperidine rings is 1. The van der Waals surface area contributed by atoms with Crippen molar-refractivity contribution in [3.05, 3.63) is 81.7 Å². The molecule has 1 unspecified atom stereocenters. The van der Waals surface area contributed by atoms with Crippen molar-refractivity contribution >= 4 is 11.7 Å². The van der Waals surface area contributed by atoms with Crippen molar-refractivity contribution in [2.24, 2.45) is 5.41 Å². The summed E-state index contributed by atoms with van der Waals surface area (Å²) in [5, 5.41) is 10.5. The number of ether oxygens (including phenoxy) is 1. The molecule has 45 heavy (non-hydrogen) atoms. The zero-order valence-electron chi connectivity index (χ0n) is 29.0. The number of carboxylic acid groups (broad SMARTS) is 1. The number of hydrogen-bond donors (Lipinski definition) is 1. The van der Waals surface area contributed by atoms with Crippen LogP contribution < -0.4 is 4.90 Å². The number of nitrogens with zero attached hydrogens (tertiary/aromatic N) is 3. The molecule has 1 atom stereocenters. The third-order valence-corrected chi connectivity index (χ3v) is 9.58. The number of aryl methyl sites for hydroxylation is 2. The number of fused-ring (bicyclic) bond motifs is 1. The van der Waals surface area contributed by atoms with Crippen molar-refractivity contribution in [1.29, 1.82) is 0 Å². The summed E-state index contributed by atoms with van der Waals surface area (Å²) in [5.74, 6) is -0.453. The molecule has 1 fully saturated rings. The fraction of sp³-hybridized carbons (Fsp3) is 0.538. The summed E-state index contributed by atoms with van der Waals surface area (Å²) >= 11 is 0. The van der Waals surface area contributed by atoms with Gasteiger partial charge in [-0.3, -0.25) is 9.88 Å². The molecule has 1 N–H and O–H groups in total. The summed E-state index contributed by atoms with van der Waals surface area (Å²) in [4.78, 5) is 22.8. The Hall–Kier alpha value is -3.22. The van der Waals surface area contributed by atoms with Crippen LogP contribution in [0.2, 0.25) is 0 Å². The highest BCUT2D eigenvalue weighted by atomic mass is 16.5. The first-order valence-corrected chi connectivity index (χ1v) is 16.7. The van der Waals surface area contributed by atoms with E-state index in [-0.39, 0.29) is 5.41 Å². The van der Waals surface area contributed by atoms with Gasteiger partial charge in [-0.2, -0.15) is 0 Å². The van der Waals surface area contributed by atoms with Gasteiger partial charge in [0, 0.05) is 55.2 Å². The number of rotatable bonds is 8. The van der Waals surface area contributed by atoms with Crippen molar-refractivity contribution in [2.45, 2.75) is 112 Å². The maximum atomic E-state index is 12.8. The molecule has 6 heteroatoms. The second-order valence-electron chi connectivity index (χ2n) is 15.4. The molecule has 5 rings (SSSR count). The van der Waals surface area contributed by atoms with Crippen LogP contribution in [0.3, 0.4) is 0 Å². The van der Waals surface area contributed by atoms with Crippen LogP contribution in [0.5, 0.6) is 0 Å². The van der Waals surface area contributed by atoms with Crippen LogP contribution in [0.1, 0.15) is 113 Å². The lowest BCUT2D eigenvalue weighted by molar-refractivity contribution is -0.160. The number of aliphatic carboxylic acids is 1. The molecule has 0 bridgehead atoms. The Bertz CT molecular complexity index is 1540. The molecule has 3 heterocycles. The number of carboxylic acids is 1. The Morgan fingerprint density at radius 3 is 2.36 bits per heavy atom. The first-order chi connectivity index (χ1) is 21.1. The highest BCUT2D eigenvalue weighted by Crippen LogP contribution is 2.45. The lowest BCUT2D eigenvalue weighted by Crippen LogP contribution is -2.39. The molecule has 0 amide bonds. The lowest BCUT2D eigenvalue weighted by Gasteiger charge is -2.41. The minimum atomic E-state index is -1.11. The Morgan fingerprint density at radius 1 is 1.00 bits per heavy atom. The topological polar surface area (TPSA) is 65.9 Å². The zero-order valence-corrected chi connectivity index (χ0v) is 29.0. The van der Waals surface area contributed by atoms with Crippen LogP contribution in [-0.2, 0) is 29.0 Å². The van der Waals surface area contributed by atoms with Crippen molar-refractivity contribution < 1.29 is 14.6 Å². The predicted molar refractivity (Wildman–Crippen MR) is 184 cm³/mol. The second kappa shape index (κ2) is 12.9. The molecule has 3 aromatic rings. The van der Waals surface area contributed by atoms with Crippen molar-refractivity contribution in [1.82, 2.24) is 9.88 Å². The van der Waals surface area contributed by atoms with Crippen LogP contribution in [0, 0.1) is 19.3 Å². The molecule has 1 saturated heterocycles. The number of aromatic nitrogens is 1. The molecule has 2 aromatic carbocycles. The van der Waals surface area contributed by atoms with Gasteiger partial charge in [-0.1, -0.05) is 70.2 Å². The van der Waals surface area contributed by atoms with Gasteiger partial charge >= 0.3 is 5.97 Å². The van der Waals surface area contributed by atoms with E-state index >= 15 is 0 Å². The van der Waals surface area contributed by atoms with E-state index in [0.717, 1.165) is 80.2 Å². The van der Waals surface area contributed by atoms with Crippen LogP contribution >= 0.6 is 0 Å². The number of anilines is 1. The summed E-state index contributed by atoms with van der Waals surface area (Å²) in [6.45, 7) is 23.5. The number of pyridine rings is 1. The Labute approximate surface area is 270 Å². The SMILES string of the molecule is Cc1nc(C)c(C(OC(C)(C)C)C(=O)O)c(N2CCC(C)(C)CC2)c1-c1ccc2c(c1)CCN(Cc1cccc(C(C)C)c1)C2. The fourth-order valence-electron chi connectivity index (χ4n) is 6.97. The molecular formula is C39H53N3O3. The van der Waals surface area contributed by atoms with Crippen molar-refractivity contribution in [3.63, 3.8) is 0 Å². The van der Waals surface area contributed by atoms with E-state index in [2.05, 4.69) is 86.9 Å². The zero-order chi connectivity index (χ0) is 32.7. The van der Waals surface area contributed by atoms with Gasteiger partial charge in [0.25, 0.3) is 0 Å². The number of benzene rings is 2. The van der Waals surface area contributed by atoms with E-state index in [1.165, 1.54) is 22.3 Å². The maximum absolute atomic E-state index is 12.8. The molecule has 1 aromatic heterocycles. The molecule has 0 spiro atoms. The second-order valence-corrected chi connectivity index (χ2v) is 15.4. The number of hydrogen-bond acceptors (Lipinski definition) is 5. The molecule has 0 radical (unpaired) electrons. The Kier molecular flexibility index (Phi) is 9.49. The van der Waals surface area contributed by atoms with Gasteiger partial charge < -0.3 is 14.7 Å². The third kappa shape index (κ3) is 7.61. The molecule has 2 aliphatic heterocycles. The fourth-order valence-corrected chi connectivity index (χ4v) is 6.97. The van der Waals surface area contributed by atoms with Crippen molar-refractivity contribution in [2.75, 3.05) is 24.5 Å². The van der Waals surface area contributed by atoms with Crippen LogP contribution in [0.15, 0.2) is 42.5 Å². The maximum Gasteiger partial charge on any atom is 0.337 e. The minimum absolute atomic E-state index is 0.260. The summed E-state index contributed by atoms with van der Waals surface area (Å²) in [5.41, 5.74) is 10.6. The van der Waals surface area contributed by atoms with Crippen LogP contribution in [-0.4, -0.2) is 46.2 Å². The normalized spacial score (nSPS) is 17.8. The quantitative estimate of drug-likeness (QED) is 0.275. The van der Waals surface area contributed by atoms with Gasteiger partial charge in [-0.15, -0.1) is 0 Å². The van der Waals surface area contributed by atoms with Gasteiger partial charge in [0.1, 0.15) is 0 Å². The standard InChI is InChI=1S/C39H53N3O3/c1-25(2)29-12-10-11-28(21-29)23-41-18-15-30-22-31(13-14-32(30)24-41)33-26(3)40-27(4)34(36(37(43)44)45-38(5,6)7)35(33)42-19-16-39(8,9)17-20-42/h10-14,21-22,25,36H,15-20,23-24H2,1-9H3,(H,43,44). The largest absolute Gasteiger partial charge is 0.479 e. The van der Waals surface area contributed by atoms with E-state index in [0.29, 0.717) is 11.5 Å². The van der Waals surface area contributed by atoms with Crippen LogP contribution in [0.25, 0.3) is 11.1 Å².